The first kappa shape index (κ1) is 25.0. The lowest BCUT2D eigenvalue weighted by molar-refractivity contribution is -0.0483. The Kier molecular flexibility index (Phi) is 6.99. The Morgan fingerprint density at radius 2 is 1.91 bits per heavy atom. The number of nitrogens with zero attached hydrogens (tertiary/aromatic N) is 6. The van der Waals surface area contributed by atoms with Crippen molar-refractivity contribution in [2.45, 2.75) is 24.5 Å². The largest absolute Gasteiger partial charge is 0.387 e. The minimum Gasteiger partial charge on any atom is -0.387 e. The first-order chi connectivity index (χ1) is 15.9. The van der Waals surface area contributed by atoms with Crippen molar-refractivity contribution in [1.29, 1.82) is 0 Å². The number of hydrogen-bond donors (Lipinski definition) is 6. The molecule has 3 aromatic heterocycles. The molecule has 0 saturated carbocycles. The molecule has 1 fully saturated rings. The van der Waals surface area contributed by atoms with Crippen molar-refractivity contribution >= 4 is 49.6 Å². The van der Waals surface area contributed by atoms with Crippen molar-refractivity contribution in [1.82, 2.24) is 29.5 Å². The first-order valence-electron chi connectivity index (χ1n) is 9.39. The number of aliphatic hydroxyl groups excluding tert-OH is 2. The molecule has 2 unspecified atom stereocenters. The Hall–Kier alpha value is -2.10. The highest BCUT2D eigenvalue weighted by atomic mass is 35.5. The maximum absolute atomic E-state index is 11.9. The van der Waals surface area contributed by atoms with E-state index >= 15 is 0 Å². The molecule has 19 heteroatoms. The summed E-state index contributed by atoms with van der Waals surface area (Å²) < 4.78 is 34.4. The normalized spacial score (nSPS) is 24.9. The van der Waals surface area contributed by atoms with Crippen LogP contribution in [0.3, 0.4) is 0 Å². The summed E-state index contributed by atoms with van der Waals surface area (Å²) in [7, 11) is -9.52. The van der Waals surface area contributed by atoms with E-state index in [4.69, 9.17) is 30.6 Å². The van der Waals surface area contributed by atoms with Crippen LogP contribution in [-0.4, -0.2) is 85.2 Å². The third-order valence-corrected chi connectivity index (χ3v) is 8.24. The number of aliphatic hydroxyl groups is 2. The Labute approximate surface area is 195 Å². The van der Waals surface area contributed by atoms with Crippen molar-refractivity contribution in [2.24, 2.45) is 0 Å². The Balaban J connectivity index is 1.56. The molecule has 4 heterocycles. The summed E-state index contributed by atoms with van der Waals surface area (Å²) >= 11 is 6.04. The van der Waals surface area contributed by atoms with Gasteiger partial charge in [0, 0.05) is 12.4 Å². The molecular weight excluding hydrogens is 520 g/mol. The number of fused-ring (bicyclic) bond motifs is 1. The Bertz CT molecular complexity index is 1280. The van der Waals surface area contributed by atoms with Gasteiger partial charge in [-0.25, -0.2) is 9.97 Å². The standard InChI is InChI=1S/C15H18ClN7O9P2/c16-15-21-12(20-8-3-17-1-2-18-8)9-13(22-15)23(5-19-9)14-11(25)10(24)7(32-14)4-31-34(29,30)6-33(26,27)28/h1-3,5,7,10-11,14,24-25H,4,6H2,(H,29,30)(H2,26,27,28)(H,18,20,21,22)/t7-,10+,11?,14-/m1/s1. The van der Waals surface area contributed by atoms with Gasteiger partial charge in [0.15, 0.2) is 29.1 Å². The molecule has 16 nitrogen and oxygen atoms in total. The lowest BCUT2D eigenvalue weighted by Crippen LogP contribution is -2.33. The summed E-state index contributed by atoms with van der Waals surface area (Å²) in [6.45, 7) is -0.732. The second kappa shape index (κ2) is 9.51. The Morgan fingerprint density at radius 1 is 1.15 bits per heavy atom. The second-order valence-electron chi connectivity index (χ2n) is 7.17. The van der Waals surface area contributed by atoms with Crippen LogP contribution in [0.4, 0.5) is 11.6 Å². The van der Waals surface area contributed by atoms with Crippen molar-refractivity contribution in [2.75, 3.05) is 17.8 Å². The summed E-state index contributed by atoms with van der Waals surface area (Å²) in [4.78, 5) is 47.7. The van der Waals surface area contributed by atoms with Crippen molar-refractivity contribution in [3.63, 3.8) is 0 Å². The maximum atomic E-state index is 11.9. The van der Waals surface area contributed by atoms with E-state index in [2.05, 4.69) is 30.2 Å². The van der Waals surface area contributed by atoms with E-state index in [-0.39, 0.29) is 22.3 Å². The molecule has 0 aromatic carbocycles. The predicted molar refractivity (Wildman–Crippen MR) is 114 cm³/mol. The molecule has 3 aromatic rings. The fraction of sp³-hybridized carbons (Fsp3) is 0.400. The number of halogens is 1. The minimum atomic E-state index is -4.83. The molecule has 1 aliphatic heterocycles. The van der Waals surface area contributed by atoms with E-state index in [0.29, 0.717) is 5.82 Å². The molecule has 184 valence electrons. The van der Waals surface area contributed by atoms with E-state index in [1.807, 2.05) is 0 Å². The fourth-order valence-electron chi connectivity index (χ4n) is 3.21. The number of rotatable bonds is 8. The van der Waals surface area contributed by atoms with Crippen LogP contribution in [0.25, 0.3) is 11.2 Å². The van der Waals surface area contributed by atoms with E-state index in [1.165, 1.54) is 29.5 Å². The lowest BCUT2D eigenvalue weighted by atomic mass is 10.1. The van der Waals surface area contributed by atoms with Gasteiger partial charge in [-0.05, 0) is 11.6 Å². The first-order valence-corrected chi connectivity index (χ1v) is 13.3. The van der Waals surface area contributed by atoms with Crippen molar-refractivity contribution in [3.8, 4) is 0 Å². The van der Waals surface area contributed by atoms with Crippen LogP contribution in [-0.2, 0) is 18.4 Å². The number of anilines is 2. The molecule has 0 radical (unpaired) electrons. The van der Waals surface area contributed by atoms with Crippen LogP contribution in [0.1, 0.15) is 6.23 Å². The number of imidazole rings is 1. The molecule has 5 atom stereocenters. The smallest absolute Gasteiger partial charge is 0.340 e. The van der Waals surface area contributed by atoms with Gasteiger partial charge in [0.05, 0.1) is 19.1 Å². The van der Waals surface area contributed by atoms with Crippen LogP contribution in [0.15, 0.2) is 24.9 Å². The minimum absolute atomic E-state index is 0.124. The molecule has 1 aliphatic rings. The maximum Gasteiger partial charge on any atom is 0.340 e. The van der Waals surface area contributed by atoms with Gasteiger partial charge in [0.1, 0.15) is 24.1 Å². The van der Waals surface area contributed by atoms with E-state index in [0.717, 1.165) is 0 Å². The van der Waals surface area contributed by atoms with Gasteiger partial charge in [0.25, 0.3) is 0 Å². The molecule has 0 amide bonds. The summed E-state index contributed by atoms with van der Waals surface area (Å²) in [6, 6.07) is 0. The quantitative estimate of drug-likeness (QED) is 0.163. The summed E-state index contributed by atoms with van der Waals surface area (Å²) in [5.74, 6) is -0.875. The third-order valence-electron chi connectivity index (χ3n) is 4.62. The van der Waals surface area contributed by atoms with E-state index < -0.39 is 52.2 Å². The number of aromatic nitrogens is 6. The molecule has 6 N–H and O–H groups in total. The second-order valence-corrected chi connectivity index (χ2v) is 11.5. The van der Waals surface area contributed by atoms with E-state index in [9.17, 15) is 24.2 Å². The highest BCUT2D eigenvalue weighted by molar-refractivity contribution is 7.70. The fourth-order valence-corrected chi connectivity index (χ4v) is 5.94. The average Bonchev–Trinajstić information content (AvgIpc) is 3.27. The summed E-state index contributed by atoms with van der Waals surface area (Å²) in [5.41, 5.74) is 0.347. The van der Waals surface area contributed by atoms with Gasteiger partial charge < -0.3 is 39.5 Å². The highest BCUT2D eigenvalue weighted by Crippen LogP contribution is 2.55. The summed E-state index contributed by atoms with van der Waals surface area (Å²) in [6.07, 6.45) is -0.0642. The monoisotopic (exact) mass is 537 g/mol. The zero-order valence-electron chi connectivity index (χ0n) is 16.9. The lowest BCUT2D eigenvalue weighted by Gasteiger charge is -2.18. The van der Waals surface area contributed by atoms with Crippen molar-refractivity contribution < 1.29 is 43.3 Å². The van der Waals surface area contributed by atoms with Gasteiger partial charge >= 0.3 is 15.2 Å². The van der Waals surface area contributed by atoms with Gasteiger partial charge in [-0.2, -0.15) is 9.97 Å². The van der Waals surface area contributed by atoms with E-state index in [1.54, 1.807) is 0 Å². The van der Waals surface area contributed by atoms with Gasteiger partial charge in [0.2, 0.25) is 5.28 Å². The van der Waals surface area contributed by atoms with Gasteiger partial charge in [-0.15, -0.1) is 0 Å². The van der Waals surface area contributed by atoms with Crippen LogP contribution in [0.5, 0.6) is 0 Å². The predicted octanol–water partition coefficient (Wildman–Crippen LogP) is -0.0303. The molecule has 0 bridgehead atoms. The van der Waals surface area contributed by atoms with Crippen LogP contribution in [0, 0.1) is 0 Å². The summed E-state index contributed by atoms with van der Waals surface area (Å²) in [5, 5.41) is 23.6. The molecule has 34 heavy (non-hydrogen) atoms. The molecule has 0 spiro atoms. The van der Waals surface area contributed by atoms with Crippen LogP contribution < -0.4 is 5.32 Å². The highest BCUT2D eigenvalue weighted by Gasteiger charge is 2.45. The van der Waals surface area contributed by atoms with Crippen LogP contribution in [0.2, 0.25) is 5.28 Å². The molecule has 4 rings (SSSR count). The zero-order valence-corrected chi connectivity index (χ0v) is 19.4. The van der Waals surface area contributed by atoms with Gasteiger partial charge in [-0.1, -0.05) is 0 Å². The van der Waals surface area contributed by atoms with Crippen molar-refractivity contribution in [3.05, 3.63) is 30.2 Å². The average molecular weight is 538 g/mol. The zero-order chi connectivity index (χ0) is 24.7. The Morgan fingerprint density at radius 3 is 2.59 bits per heavy atom. The topological polar surface area (TPSA) is 235 Å². The molecule has 1 saturated heterocycles. The number of ether oxygens (including phenoxy) is 1. The number of hydrogen-bond acceptors (Lipinski definition) is 12. The van der Waals surface area contributed by atoms with Crippen LogP contribution >= 0.6 is 26.8 Å². The number of nitrogens with one attached hydrogen (secondary N) is 1. The molecular formula is C15H18ClN7O9P2. The molecule has 0 aliphatic carbocycles. The van der Waals surface area contributed by atoms with Gasteiger partial charge in [-0.3, -0.25) is 18.7 Å². The SMILES string of the molecule is O=P(O)(O)CP(=O)(O)OC[C@H]1O[C@@H](n2cnc3c(Nc4cnccn4)nc(Cl)nc32)C(O)[C@H]1O. The third kappa shape index (κ3) is 5.58.